The van der Waals surface area contributed by atoms with E-state index in [4.69, 9.17) is 10.00 Å². The molecule has 21 heavy (non-hydrogen) atoms. The van der Waals surface area contributed by atoms with Gasteiger partial charge in [-0.3, -0.25) is 0 Å². The predicted molar refractivity (Wildman–Crippen MR) is 88.9 cm³/mol. The minimum atomic E-state index is 0.447. The van der Waals surface area contributed by atoms with Crippen molar-refractivity contribution in [3.63, 3.8) is 0 Å². The Bertz CT molecular complexity index is 558. The second-order valence-electron chi connectivity index (χ2n) is 5.06. The lowest BCUT2D eigenvalue weighted by atomic mass is 10.0. The monoisotopic (exact) mass is 281 g/mol. The van der Waals surface area contributed by atoms with Crippen molar-refractivity contribution in [2.45, 2.75) is 27.2 Å². The first-order valence-electron chi connectivity index (χ1n) is 7.27. The molecule has 0 spiro atoms. The lowest BCUT2D eigenvalue weighted by Gasteiger charge is -2.11. The molecule has 1 unspecified atom stereocenters. The molecular weight excluding hydrogens is 258 g/mol. The maximum Gasteiger partial charge on any atom is 0.119 e. The van der Waals surface area contributed by atoms with Crippen LogP contribution in [0.1, 0.15) is 32.8 Å². The summed E-state index contributed by atoms with van der Waals surface area (Å²) in [6.07, 6.45) is 6.76. The average Bonchev–Trinajstić information content (AvgIpc) is 2.53. The molecule has 0 radical (unpaired) electrons. The third-order valence-corrected chi connectivity index (χ3v) is 3.34. The van der Waals surface area contributed by atoms with Gasteiger partial charge >= 0.3 is 0 Å². The lowest BCUT2D eigenvalue weighted by Crippen LogP contribution is -2.07. The molecule has 0 aliphatic rings. The van der Waals surface area contributed by atoms with Crippen LogP contribution < -0.4 is 4.74 Å². The van der Waals surface area contributed by atoms with Crippen LogP contribution in [0.4, 0.5) is 0 Å². The first-order chi connectivity index (χ1) is 10.1. The molecule has 0 aromatic heterocycles. The number of benzene rings is 1. The summed E-state index contributed by atoms with van der Waals surface area (Å²) in [4.78, 5) is 0. The van der Waals surface area contributed by atoms with Gasteiger partial charge in [-0.2, -0.15) is 5.26 Å². The van der Waals surface area contributed by atoms with Gasteiger partial charge < -0.3 is 4.74 Å². The zero-order valence-corrected chi connectivity index (χ0v) is 13.1. The molecule has 1 atom stereocenters. The van der Waals surface area contributed by atoms with E-state index in [2.05, 4.69) is 20.4 Å². The Labute approximate surface area is 128 Å². The molecule has 0 heterocycles. The molecule has 0 aliphatic carbocycles. The number of ether oxygens (including phenoxy) is 1. The topological polar surface area (TPSA) is 33.0 Å². The van der Waals surface area contributed by atoms with Crippen LogP contribution >= 0.6 is 0 Å². The van der Waals surface area contributed by atoms with Crippen LogP contribution in [0.2, 0.25) is 0 Å². The van der Waals surface area contributed by atoms with Crippen molar-refractivity contribution in [2.24, 2.45) is 5.92 Å². The highest BCUT2D eigenvalue weighted by Gasteiger charge is 2.02. The van der Waals surface area contributed by atoms with Crippen molar-refractivity contribution >= 4 is 5.57 Å². The highest BCUT2D eigenvalue weighted by Crippen LogP contribution is 2.21. The first-order valence-corrected chi connectivity index (χ1v) is 7.27. The Morgan fingerprint density at radius 2 is 2.00 bits per heavy atom. The fraction of sp³-hybridized carbons (Fsp3) is 0.316. The summed E-state index contributed by atoms with van der Waals surface area (Å²) in [6.45, 7) is 10.7. The molecule has 0 bridgehead atoms. The Morgan fingerprint density at radius 1 is 1.33 bits per heavy atom. The maximum atomic E-state index is 8.71. The van der Waals surface area contributed by atoms with E-state index in [1.54, 1.807) is 6.08 Å². The summed E-state index contributed by atoms with van der Waals surface area (Å²) in [5, 5.41) is 8.71. The van der Waals surface area contributed by atoms with E-state index < -0.39 is 0 Å². The van der Waals surface area contributed by atoms with Crippen LogP contribution in [0.25, 0.3) is 5.57 Å². The summed E-state index contributed by atoms with van der Waals surface area (Å²) >= 11 is 0. The summed E-state index contributed by atoms with van der Waals surface area (Å²) in [7, 11) is 0. The molecule has 110 valence electrons. The number of nitrogens with zero attached hydrogens (tertiary/aromatic N) is 1. The van der Waals surface area contributed by atoms with Crippen LogP contribution in [0, 0.1) is 17.2 Å². The maximum absolute atomic E-state index is 8.71. The third kappa shape index (κ3) is 5.71. The highest BCUT2D eigenvalue weighted by molar-refractivity contribution is 5.74. The number of hydrogen-bond acceptors (Lipinski definition) is 2. The summed E-state index contributed by atoms with van der Waals surface area (Å²) in [6, 6.07) is 10.0. The summed E-state index contributed by atoms with van der Waals surface area (Å²) in [5.41, 5.74) is 2.60. The van der Waals surface area contributed by atoms with Crippen molar-refractivity contribution in [1.82, 2.24) is 0 Å². The largest absolute Gasteiger partial charge is 0.493 e. The van der Waals surface area contributed by atoms with Crippen LogP contribution in [-0.2, 0) is 0 Å². The molecule has 0 amide bonds. The summed E-state index contributed by atoms with van der Waals surface area (Å²) < 4.78 is 5.75. The Morgan fingerprint density at radius 3 is 2.52 bits per heavy atom. The second kappa shape index (κ2) is 8.81. The molecule has 0 fully saturated rings. The van der Waals surface area contributed by atoms with E-state index in [0.717, 1.165) is 29.9 Å². The van der Waals surface area contributed by atoms with Gasteiger partial charge in [-0.15, -0.1) is 0 Å². The zero-order chi connectivity index (χ0) is 15.7. The van der Waals surface area contributed by atoms with Gasteiger partial charge in [0.2, 0.25) is 0 Å². The van der Waals surface area contributed by atoms with Gasteiger partial charge in [-0.1, -0.05) is 51.1 Å². The van der Waals surface area contributed by atoms with E-state index in [1.807, 2.05) is 49.4 Å². The van der Waals surface area contributed by atoms with Gasteiger partial charge in [0.1, 0.15) is 5.75 Å². The molecule has 0 N–H and O–H groups in total. The molecule has 0 saturated heterocycles. The molecular formula is C19H23NO. The molecule has 0 saturated carbocycles. The fourth-order valence-electron chi connectivity index (χ4n) is 1.69. The standard InChI is InChI=1S/C19H23NO/c1-5-15(3)14-21-19-11-9-18(10-12-19)17(6-2)8-7-16(4)13-20/h6-12,15H,4-5,14H2,1-3H3. The molecule has 0 aliphatic heterocycles. The number of allylic oxidation sites excluding steroid dienone is 5. The second-order valence-corrected chi connectivity index (χ2v) is 5.06. The SMILES string of the molecule is C=C(C#N)C=CC(=CC)c1ccc(OCC(C)CC)cc1. The van der Waals surface area contributed by atoms with E-state index in [-0.39, 0.29) is 0 Å². The van der Waals surface area contributed by atoms with Crippen molar-refractivity contribution in [3.05, 3.63) is 60.2 Å². The van der Waals surface area contributed by atoms with E-state index in [9.17, 15) is 0 Å². The molecule has 1 aromatic carbocycles. The zero-order valence-electron chi connectivity index (χ0n) is 13.1. The fourth-order valence-corrected chi connectivity index (χ4v) is 1.69. The van der Waals surface area contributed by atoms with Crippen molar-refractivity contribution in [3.8, 4) is 11.8 Å². The van der Waals surface area contributed by atoms with Crippen molar-refractivity contribution in [2.75, 3.05) is 6.61 Å². The highest BCUT2D eigenvalue weighted by atomic mass is 16.5. The molecule has 1 aromatic rings. The van der Waals surface area contributed by atoms with Crippen LogP contribution in [0.3, 0.4) is 0 Å². The van der Waals surface area contributed by atoms with E-state index >= 15 is 0 Å². The van der Waals surface area contributed by atoms with Gasteiger partial charge in [0, 0.05) is 5.57 Å². The van der Waals surface area contributed by atoms with Gasteiger partial charge in [-0.05, 0) is 42.2 Å². The Kier molecular flexibility index (Phi) is 7.04. The Hall–Kier alpha value is -2.27. The van der Waals surface area contributed by atoms with Crippen LogP contribution in [0.5, 0.6) is 5.75 Å². The molecule has 2 heteroatoms. The smallest absolute Gasteiger partial charge is 0.119 e. The summed E-state index contributed by atoms with van der Waals surface area (Å²) in [5.74, 6) is 1.45. The quantitative estimate of drug-likeness (QED) is 0.511. The predicted octanol–water partition coefficient (Wildman–Crippen LogP) is 5.15. The van der Waals surface area contributed by atoms with Crippen LogP contribution in [-0.4, -0.2) is 6.61 Å². The van der Waals surface area contributed by atoms with Gasteiger partial charge in [0.25, 0.3) is 0 Å². The molecule has 1 rings (SSSR count). The minimum absolute atomic E-state index is 0.447. The van der Waals surface area contributed by atoms with E-state index in [0.29, 0.717) is 11.5 Å². The average molecular weight is 281 g/mol. The third-order valence-electron chi connectivity index (χ3n) is 3.34. The van der Waals surface area contributed by atoms with Crippen molar-refractivity contribution < 1.29 is 4.74 Å². The number of hydrogen-bond donors (Lipinski definition) is 0. The van der Waals surface area contributed by atoms with E-state index in [1.165, 1.54) is 0 Å². The normalized spacial score (nSPS) is 13.0. The van der Waals surface area contributed by atoms with Crippen LogP contribution in [0.15, 0.2) is 54.6 Å². The van der Waals surface area contributed by atoms with Gasteiger partial charge in [-0.25, -0.2) is 0 Å². The van der Waals surface area contributed by atoms with Crippen molar-refractivity contribution in [1.29, 1.82) is 5.26 Å². The molecule has 2 nitrogen and oxygen atoms in total. The van der Waals surface area contributed by atoms with Gasteiger partial charge in [0.15, 0.2) is 0 Å². The minimum Gasteiger partial charge on any atom is -0.493 e. The Balaban J connectivity index is 2.74. The van der Waals surface area contributed by atoms with Gasteiger partial charge in [0.05, 0.1) is 12.7 Å². The lowest BCUT2D eigenvalue weighted by molar-refractivity contribution is 0.256. The first kappa shape index (κ1) is 16.8. The number of nitriles is 1. The number of rotatable bonds is 7.